The monoisotopic (exact) mass is 290 g/mol. The minimum absolute atomic E-state index is 0.215. The van der Waals surface area contributed by atoms with E-state index in [0.29, 0.717) is 11.5 Å². The van der Waals surface area contributed by atoms with Crippen molar-refractivity contribution in [3.05, 3.63) is 23.8 Å². The van der Waals surface area contributed by atoms with Crippen LogP contribution in [-0.4, -0.2) is 25.1 Å². The molecule has 1 N–H and O–H groups in total. The molecule has 1 saturated carbocycles. The molecule has 6 heteroatoms. The first-order valence-corrected chi connectivity index (χ1v) is 7.22. The van der Waals surface area contributed by atoms with E-state index in [0.717, 1.165) is 31.2 Å². The second kappa shape index (κ2) is 6.47. The summed E-state index contributed by atoms with van der Waals surface area (Å²) in [4.78, 5) is 16.4. The van der Waals surface area contributed by atoms with Gasteiger partial charge in [0, 0.05) is 11.6 Å². The number of amides is 1. The van der Waals surface area contributed by atoms with Crippen LogP contribution in [0.5, 0.6) is 11.5 Å². The Balaban J connectivity index is 1.48. The van der Waals surface area contributed by atoms with Gasteiger partial charge in [0.25, 0.3) is 0 Å². The van der Waals surface area contributed by atoms with E-state index in [1.54, 1.807) is 12.1 Å². The van der Waals surface area contributed by atoms with Crippen LogP contribution >= 0.6 is 0 Å². The van der Waals surface area contributed by atoms with Gasteiger partial charge in [-0.05, 0) is 31.0 Å². The zero-order valence-electron chi connectivity index (χ0n) is 11.7. The van der Waals surface area contributed by atoms with Crippen molar-refractivity contribution in [1.29, 1.82) is 0 Å². The van der Waals surface area contributed by atoms with Crippen LogP contribution in [0, 0.1) is 0 Å². The minimum atomic E-state index is -0.501. The third kappa shape index (κ3) is 3.65. The highest BCUT2D eigenvalue weighted by Crippen LogP contribution is 2.31. The number of ether oxygens (including phenoxy) is 2. The minimum Gasteiger partial charge on any atom is -0.454 e. The lowest BCUT2D eigenvalue weighted by Crippen LogP contribution is -2.35. The Hall–Kier alpha value is -2.24. The van der Waals surface area contributed by atoms with Gasteiger partial charge in [-0.2, -0.15) is 0 Å². The molecule has 21 heavy (non-hydrogen) atoms. The highest BCUT2D eigenvalue weighted by molar-refractivity contribution is 5.81. The van der Waals surface area contributed by atoms with Crippen molar-refractivity contribution < 1.29 is 19.1 Å². The largest absolute Gasteiger partial charge is 0.454 e. The van der Waals surface area contributed by atoms with E-state index in [2.05, 4.69) is 10.5 Å². The lowest BCUT2D eigenvalue weighted by Gasteiger charge is -2.21. The third-order valence-electron chi connectivity index (χ3n) is 3.66. The van der Waals surface area contributed by atoms with Gasteiger partial charge in [-0.3, -0.25) is 4.84 Å². The van der Waals surface area contributed by atoms with Gasteiger partial charge in [-0.1, -0.05) is 24.4 Å². The quantitative estimate of drug-likeness (QED) is 0.528. The molecule has 6 nitrogen and oxygen atoms in total. The number of benzene rings is 1. The predicted molar refractivity (Wildman–Crippen MR) is 76.6 cm³/mol. The van der Waals surface area contributed by atoms with Gasteiger partial charge >= 0.3 is 6.09 Å². The summed E-state index contributed by atoms with van der Waals surface area (Å²) >= 11 is 0. The molecule has 1 fully saturated rings. The first-order chi connectivity index (χ1) is 10.3. The van der Waals surface area contributed by atoms with Gasteiger partial charge in [0.1, 0.15) is 0 Å². The van der Waals surface area contributed by atoms with Crippen LogP contribution in [0.25, 0.3) is 0 Å². The third-order valence-corrected chi connectivity index (χ3v) is 3.66. The maximum Gasteiger partial charge on any atom is 0.433 e. The fourth-order valence-electron chi connectivity index (χ4n) is 2.57. The van der Waals surface area contributed by atoms with E-state index in [1.165, 1.54) is 12.6 Å². The Morgan fingerprint density at radius 1 is 1.24 bits per heavy atom. The summed E-state index contributed by atoms with van der Waals surface area (Å²) < 4.78 is 10.5. The molecular weight excluding hydrogens is 272 g/mol. The van der Waals surface area contributed by atoms with Crippen LogP contribution < -0.4 is 14.8 Å². The number of oxime groups is 1. The summed E-state index contributed by atoms with van der Waals surface area (Å²) in [5, 5.41) is 6.53. The summed E-state index contributed by atoms with van der Waals surface area (Å²) in [6, 6.07) is 5.62. The van der Waals surface area contributed by atoms with E-state index >= 15 is 0 Å². The van der Waals surface area contributed by atoms with Crippen molar-refractivity contribution in [2.75, 3.05) is 6.79 Å². The number of nitrogens with zero attached hydrogens (tertiary/aromatic N) is 1. The number of hydrogen-bond acceptors (Lipinski definition) is 5. The number of hydrogen-bond donors (Lipinski definition) is 1. The first-order valence-electron chi connectivity index (χ1n) is 7.22. The molecule has 0 atom stereocenters. The number of nitrogens with one attached hydrogen (secondary N) is 1. The number of rotatable bonds is 3. The predicted octanol–water partition coefficient (Wildman–Crippen LogP) is 2.81. The smallest absolute Gasteiger partial charge is 0.433 e. The molecule has 0 aromatic heterocycles. The van der Waals surface area contributed by atoms with Crippen molar-refractivity contribution in [3.63, 3.8) is 0 Å². The molecule has 1 aromatic rings. The molecule has 1 aromatic carbocycles. The molecule has 0 spiro atoms. The molecule has 112 valence electrons. The van der Waals surface area contributed by atoms with E-state index in [-0.39, 0.29) is 12.8 Å². The van der Waals surface area contributed by atoms with Crippen molar-refractivity contribution in [2.24, 2.45) is 5.16 Å². The molecule has 0 radical (unpaired) electrons. The van der Waals surface area contributed by atoms with Crippen LogP contribution in [0.3, 0.4) is 0 Å². The zero-order chi connectivity index (χ0) is 14.5. The van der Waals surface area contributed by atoms with Crippen molar-refractivity contribution in [3.8, 4) is 11.5 Å². The molecular formula is C15H18N2O4. The molecule has 0 bridgehead atoms. The SMILES string of the molecule is O=C(NC1CCCCC1)ON=Cc1ccc2c(c1)OCO2. The fourth-order valence-corrected chi connectivity index (χ4v) is 2.57. The summed E-state index contributed by atoms with van der Waals surface area (Å²) in [7, 11) is 0. The average Bonchev–Trinajstić information content (AvgIpc) is 2.96. The summed E-state index contributed by atoms with van der Waals surface area (Å²) in [6.45, 7) is 0.232. The van der Waals surface area contributed by atoms with Gasteiger partial charge in [0.05, 0.1) is 6.21 Å². The van der Waals surface area contributed by atoms with Crippen LogP contribution in [-0.2, 0) is 4.84 Å². The molecule has 2 aliphatic rings. The molecule has 1 aliphatic heterocycles. The van der Waals surface area contributed by atoms with Gasteiger partial charge < -0.3 is 14.8 Å². The lowest BCUT2D eigenvalue weighted by atomic mass is 9.96. The molecule has 1 amide bonds. The number of carbonyl (C=O) groups is 1. The van der Waals surface area contributed by atoms with Crippen molar-refractivity contribution >= 4 is 12.3 Å². The maximum absolute atomic E-state index is 11.6. The van der Waals surface area contributed by atoms with Gasteiger partial charge in [0.15, 0.2) is 11.5 Å². The lowest BCUT2D eigenvalue weighted by molar-refractivity contribution is 0.144. The van der Waals surface area contributed by atoms with Gasteiger partial charge in [0.2, 0.25) is 6.79 Å². The molecule has 1 heterocycles. The van der Waals surface area contributed by atoms with E-state index in [4.69, 9.17) is 14.3 Å². The second-order valence-electron chi connectivity index (χ2n) is 5.21. The van der Waals surface area contributed by atoms with E-state index in [1.807, 2.05) is 6.07 Å². The van der Waals surface area contributed by atoms with Crippen LogP contribution in [0.1, 0.15) is 37.7 Å². The Kier molecular flexibility index (Phi) is 4.23. The number of carbonyl (C=O) groups excluding carboxylic acids is 1. The van der Waals surface area contributed by atoms with E-state index in [9.17, 15) is 4.79 Å². The Morgan fingerprint density at radius 3 is 2.90 bits per heavy atom. The maximum atomic E-state index is 11.6. The van der Waals surface area contributed by atoms with E-state index < -0.39 is 6.09 Å². The summed E-state index contributed by atoms with van der Waals surface area (Å²) in [5.41, 5.74) is 0.782. The van der Waals surface area contributed by atoms with Crippen LogP contribution in [0.15, 0.2) is 23.4 Å². The van der Waals surface area contributed by atoms with Gasteiger partial charge in [-0.15, -0.1) is 0 Å². The topological polar surface area (TPSA) is 69.2 Å². The van der Waals surface area contributed by atoms with Crippen LogP contribution in [0.2, 0.25) is 0 Å². The van der Waals surface area contributed by atoms with Crippen molar-refractivity contribution in [1.82, 2.24) is 5.32 Å². The summed E-state index contributed by atoms with van der Waals surface area (Å²) in [6.07, 6.45) is 6.57. The Morgan fingerprint density at radius 2 is 2.05 bits per heavy atom. The highest BCUT2D eigenvalue weighted by Gasteiger charge is 2.16. The number of fused-ring (bicyclic) bond motifs is 1. The normalized spacial score (nSPS) is 17.9. The zero-order valence-corrected chi connectivity index (χ0v) is 11.7. The first kappa shape index (κ1) is 13.7. The Bertz CT molecular complexity index is 538. The van der Waals surface area contributed by atoms with Crippen LogP contribution in [0.4, 0.5) is 4.79 Å². The molecule has 0 unspecified atom stereocenters. The Labute approximate surface area is 123 Å². The highest BCUT2D eigenvalue weighted by atomic mass is 16.7. The molecule has 3 rings (SSSR count). The summed E-state index contributed by atoms with van der Waals surface area (Å²) in [5.74, 6) is 1.38. The average molecular weight is 290 g/mol. The fraction of sp³-hybridized carbons (Fsp3) is 0.467. The van der Waals surface area contributed by atoms with Crippen molar-refractivity contribution in [2.45, 2.75) is 38.1 Å². The standard InChI is InChI=1S/C15H18N2O4/c18-15(17-12-4-2-1-3-5-12)21-16-9-11-6-7-13-14(8-11)20-10-19-13/h6-9,12H,1-5,10H2,(H,17,18). The molecule has 1 aliphatic carbocycles. The van der Waals surface area contributed by atoms with Gasteiger partial charge in [-0.25, -0.2) is 4.79 Å². The second-order valence-corrected chi connectivity index (χ2v) is 5.21. The molecule has 0 saturated heterocycles.